The number of piperidine rings is 1. The lowest BCUT2D eigenvalue weighted by atomic mass is 9.91. The van der Waals surface area contributed by atoms with Crippen molar-refractivity contribution in [3.05, 3.63) is 18.4 Å². The minimum atomic E-state index is -0.0189. The second-order valence-corrected chi connectivity index (χ2v) is 6.57. The summed E-state index contributed by atoms with van der Waals surface area (Å²) in [6.45, 7) is 5.89. The fourth-order valence-electron chi connectivity index (χ4n) is 2.97. The molecule has 0 bridgehead atoms. The van der Waals surface area contributed by atoms with Gasteiger partial charge in [0, 0.05) is 25.9 Å². The largest absolute Gasteiger partial charge is 0.442 e. The summed E-state index contributed by atoms with van der Waals surface area (Å²) in [6, 6.07) is 0. The quantitative estimate of drug-likeness (QED) is 0.725. The number of likely N-dealkylation sites (tertiary alicyclic amines) is 1. The zero-order valence-electron chi connectivity index (χ0n) is 13.6. The highest BCUT2D eigenvalue weighted by Gasteiger charge is 2.23. The van der Waals surface area contributed by atoms with Gasteiger partial charge in [0.1, 0.15) is 6.26 Å². The Morgan fingerprint density at radius 3 is 2.68 bits per heavy atom. The zero-order valence-corrected chi connectivity index (χ0v) is 13.6. The minimum Gasteiger partial charge on any atom is -0.442 e. The topological polar surface area (TPSA) is 63.4 Å². The van der Waals surface area contributed by atoms with Gasteiger partial charge in [-0.25, -0.2) is 4.98 Å². The first-order valence-corrected chi connectivity index (χ1v) is 8.26. The van der Waals surface area contributed by atoms with Crippen molar-refractivity contribution in [3.8, 4) is 0 Å². The van der Waals surface area contributed by atoms with Gasteiger partial charge in [-0.15, -0.1) is 0 Å². The predicted molar refractivity (Wildman–Crippen MR) is 83.4 cm³/mol. The van der Waals surface area contributed by atoms with Gasteiger partial charge in [0.2, 0.25) is 11.7 Å². The van der Waals surface area contributed by atoms with E-state index < -0.39 is 0 Å². The Morgan fingerprint density at radius 2 is 2.09 bits per heavy atom. The van der Waals surface area contributed by atoms with Crippen molar-refractivity contribution >= 4 is 11.7 Å². The molecule has 0 spiro atoms. The maximum absolute atomic E-state index is 12.0. The van der Waals surface area contributed by atoms with Crippen LogP contribution in [0.15, 0.2) is 16.9 Å². The molecule has 122 valence electrons. The fraction of sp³-hybridized carbons (Fsp3) is 0.706. The number of ketones is 1. The van der Waals surface area contributed by atoms with Gasteiger partial charge in [-0.2, -0.15) is 0 Å². The summed E-state index contributed by atoms with van der Waals surface area (Å²) in [5, 5.41) is 0. The average molecular weight is 306 g/mol. The van der Waals surface area contributed by atoms with E-state index in [1.807, 2.05) is 4.90 Å². The fourth-order valence-corrected chi connectivity index (χ4v) is 2.97. The van der Waals surface area contributed by atoms with Crippen molar-refractivity contribution in [1.29, 1.82) is 0 Å². The molecular formula is C17H26N2O3. The molecule has 2 rings (SSSR count). The number of hydrogen-bond acceptors (Lipinski definition) is 4. The van der Waals surface area contributed by atoms with Gasteiger partial charge in [-0.05, 0) is 37.5 Å². The number of amides is 1. The molecule has 0 aromatic carbocycles. The molecule has 0 saturated carbocycles. The lowest BCUT2D eigenvalue weighted by Gasteiger charge is -2.32. The first-order valence-electron chi connectivity index (χ1n) is 8.26. The molecule has 5 heteroatoms. The summed E-state index contributed by atoms with van der Waals surface area (Å²) < 4.78 is 5.01. The molecule has 22 heavy (non-hydrogen) atoms. The van der Waals surface area contributed by atoms with Crippen LogP contribution in [-0.4, -0.2) is 34.7 Å². The van der Waals surface area contributed by atoms with Crippen LogP contribution >= 0.6 is 0 Å². The summed E-state index contributed by atoms with van der Waals surface area (Å²) in [4.78, 5) is 29.7. The molecule has 0 N–H and O–H groups in total. The Labute approximate surface area is 132 Å². The number of Topliss-reactive ketones (excluding diaryl/α,β-unsaturated/α-hetero) is 1. The summed E-state index contributed by atoms with van der Waals surface area (Å²) >= 11 is 0. The van der Waals surface area contributed by atoms with Gasteiger partial charge in [0.25, 0.3) is 5.89 Å². The van der Waals surface area contributed by atoms with Crippen LogP contribution in [0.5, 0.6) is 0 Å². The molecule has 0 aliphatic carbocycles. The average Bonchev–Trinajstić information content (AvgIpc) is 3.01. The second kappa shape index (κ2) is 8.11. The molecular weight excluding hydrogens is 280 g/mol. The number of carbonyl (C=O) groups is 2. The number of aromatic nitrogens is 1. The van der Waals surface area contributed by atoms with Crippen molar-refractivity contribution in [1.82, 2.24) is 9.88 Å². The highest BCUT2D eigenvalue weighted by atomic mass is 16.3. The van der Waals surface area contributed by atoms with E-state index in [1.165, 1.54) is 12.5 Å². The van der Waals surface area contributed by atoms with Crippen LogP contribution in [0.1, 0.15) is 63.1 Å². The van der Waals surface area contributed by atoms with E-state index in [1.54, 1.807) is 0 Å². The molecule has 1 aliphatic rings. The van der Waals surface area contributed by atoms with Crippen LogP contribution in [-0.2, 0) is 4.79 Å². The minimum absolute atomic E-state index is 0.0189. The van der Waals surface area contributed by atoms with Crippen molar-refractivity contribution in [2.45, 2.75) is 52.4 Å². The zero-order chi connectivity index (χ0) is 15.9. The van der Waals surface area contributed by atoms with Gasteiger partial charge in [0.15, 0.2) is 0 Å². The summed E-state index contributed by atoms with van der Waals surface area (Å²) in [5.74, 6) is 1.53. The number of carbonyl (C=O) groups excluding carboxylic acids is 2. The molecule has 5 nitrogen and oxygen atoms in total. The molecule has 1 aliphatic heterocycles. The standard InChI is InChI=1S/C17H26N2O3/c1-13(2)12-16(21)19-9-6-14(7-10-19)4-3-5-15(20)17-18-8-11-22-17/h8,11,13-14H,3-7,9-10,12H2,1-2H3. The third-order valence-corrected chi connectivity index (χ3v) is 4.24. The van der Waals surface area contributed by atoms with E-state index in [9.17, 15) is 9.59 Å². The van der Waals surface area contributed by atoms with Gasteiger partial charge in [-0.3, -0.25) is 9.59 Å². The van der Waals surface area contributed by atoms with E-state index in [-0.39, 0.29) is 17.6 Å². The van der Waals surface area contributed by atoms with Crippen LogP contribution in [0.3, 0.4) is 0 Å². The molecule has 0 atom stereocenters. The monoisotopic (exact) mass is 306 g/mol. The molecule has 2 heterocycles. The van der Waals surface area contributed by atoms with Gasteiger partial charge < -0.3 is 9.32 Å². The van der Waals surface area contributed by atoms with Gasteiger partial charge in [0.05, 0.1) is 6.20 Å². The molecule has 1 fully saturated rings. The van der Waals surface area contributed by atoms with E-state index in [0.717, 1.165) is 38.8 Å². The smallest absolute Gasteiger partial charge is 0.263 e. The predicted octanol–water partition coefficient (Wildman–Crippen LogP) is 3.31. The Balaban J connectivity index is 1.63. The van der Waals surface area contributed by atoms with E-state index in [4.69, 9.17) is 4.42 Å². The number of nitrogens with zero attached hydrogens (tertiary/aromatic N) is 2. The Hall–Kier alpha value is -1.65. The summed E-state index contributed by atoms with van der Waals surface area (Å²) in [6.07, 6.45) is 8.08. The molecule has 1 aromatic rings. The lowest BCUT2D eigenvalue weighted by molar-refractivity contribution is -0.133. The van der Waals surface area contributed by atoms with Gasteiger partial charge in [-0.1, -0.05) is 13.8 Å². The Kier molecular flexibility index (Phi) is 6.16. The van der Waals surface area contributed by atoms with Crippen LogP contribution in [0.25, 0.3) is 0 Å². The van der Waals surface area contributed by atoms with Crippen molar-refractivity contribution < 1.29 is 14.0 Å². The number of oxazole rings is 1. The van der Waals surface area contributed by atoms with Crippen molar-refractivity contribution in [2.75, 3.05) is 13.1 Å². The molecule has 0 radical (unpaired) electrons. The first-order chi connectivity index (χ1) is 10.6. The van der Waals surface area contributed by atoms with Crippen molar-refractivity contribution in [3.63, 3.8) is 0 Å². The maximum Gasteiger partial charge on any atom is 0.263 e. The van der Waals surface area contributed by atoms with Crippen molar-refractivity contribution in [2.24, 2.45) is 11.8 Å². The molecule has 1 amide bonds. The van der Waals surface area contributed by atoms with E-state index in [2.05, 4.69) is 18.8 Å². The Morgan fingerprint density at radius 1 is 1.36 bits per heavy atom. The number of hydrogen-bond donors (Lipinski definition) is 0. The lowest BCUT2D eigenvalue weighted by Crippen LogP contribution is -2.38. The molecule has 0 unspecified atom stereocenters. The SMILES string of the molecule is CC(C)CC(=O)N1CCC(CCCC(=O)c2ncco2)CC1. The highest BCUT2D eigenvalue weighted by molar-refractivity contribution is 5.91. The Bertz CT molecular complexity index is 474. The first kappa shape index (κ1) is 16.7. The van der Waals surface area contributed by atoms with Gasteiger partial charge >= 0.3 is 0 Å². The third-order valence-electron chi connectivity index (χ3n) is 4.24. The van der Waals surface area contributed by atoms with Crippen LogP contribution in [0.4, 0.5) is 0 Å². The van der Waals surface area contributed by atoms with E-state index in [0.29, 0.717) is 24.7 Å². The molecule has 1 saturated heterocycles. The van der Waals surface area contributed by atoms with Crippen LogP contribution in [0, 0.1) is 11.8 Å². The molecule has 1 aromatic heterocycles. The van der Waals surface area contributed by atoms with Crippen LogP contribution < -0.4 is 0 Å². The van der Waals surface area contributed by atoms with Crippen LogP contribution in [0.2, 0.25) is 0 Å². The van der Waals surface area contributed by atoms with E-state index >= 15 is 0 Å². The highest BCUT2D eigenvalue weighted by Crippen LogP contribution is 2.23. The maximum atomic E-state index is 12.0. The summed E-state index contributed by atoms with van der Waals surface area (Å²) in [7, 11) is 0. The second-order valence-electron chi connectivity index (χ2n) is 6.57. The normalized spacial score (nSPS) is 16.2. The third kappa shape index (κ3) is 4.97. The summed E-state index contributed by atoms with van der Waals surface area (Å²) in [5.41, 5.74) is 0. The number of rotatable bonds is 7.